The maximum Gasteiger partial charge on any atom is -0.0287 e. The molecule has 0 aromatic carbocycles. The summed E-state index contributed by atoms with van der Waals surface area (Å²) in [6.07, 6.45) is 0. The normalized spacial score (nSPS) is 9.14. The molecule has 0 aliphatic heterocycles. The van der Waals surface area contributed by atoms with Gasteiger partial charge in [-0.25, -0.2) is 0 Å². The van der Waals surface area contributed by atoms with Gasteiger partial charge in [0.1, 0.15) is 0 Å². The highest BCUT2D eigenvalue weighted by Crippen LogP contribution is 1.99. The highest BCUT2D eigenvalue weighted by atomic mass is 15.5. The first-order valence-electron chi connectivity index (χ1n) is 2.17. The highest BCUT2D eigenvalue weighted by molar-refractivity contribution is 5.04. The Morgan fingerprint density at radius 2 is 2.00 bits per heavy atom. The average Bonchev–Trinajstić information content (AvgIpc) is 1.27. The van der Waals surface area contributed by atoms with E-state index in [0.29, 0.717) is 0 Å². The largest absolute Gasteiger partial charge is 0.624 e. The topological polar surface area (TPSA) is 17.3 Å². The lowest BCUT2D eigenvalue weighted by Gasteiger charge is -2.29. The summed E-state index contributed by atoms with van der Waals surface area (Å²) in [5.41, 5.74) is 4.75. The van der Waals surface area contributed by atoms with Crippen LogP contribution in [-0.2, 0) is 0 Å². The zero-order valence-corrected chi connectivity index (χ0v) is 5.10. The SMILES string of the molecule is C=C(C)[N-]N(C)C. The molecule has 0 aliphatic carbocycles. The Balaban J connectivity index is 3.13. The smallest absolute Gasteiger partial charge is 0.0287 e. The molecule has 0 bridgehead atoms. The van der Waals surface area contributed by atoms with Gasteiger partial charge in [-0.2, -0.15) is 5.70 Å². The fraction of sp³-hybridized carbons (Fsp3) is 0.600. The number of rotatable bonds is 2. The van der Waals surface area contributed by atoms with Gasteiger partial charge < -0.3 is 10.4 Å². The lowest BCUT2D eigenvalue weighted by molar-refractivity contribution is 0.526. The molecule has 0 spiro atoms. The molecular formula is C5H11N2-. The molecule has 2 heteroatoms. The van der Waals surface area contributed by atoms with Crippen molar-refractivity contribution in [3.05, 3.63) is 17.7 Å². The molecule has 0 saturated heterocycles. The van der Waals surface area contributed by atoms with Gasteiger partial charge in [0.05, 0.1) is 0 Å². The third-order valence-electron chi connectivity index (χ3n) is 0.371. The molecule has 0 rings (SSSR count). The summed E-state index contributed by atoms with van der Waals surface area (Å²) in [7, 11) is 3.74. The van der Waals surface area contributed by atoms with Gasteiger partial charge in [-0.1, -0.05) is 6.92 Å². The highest BCUT2D eigenvalue weighted by Gasteiger charge is 1.65. The fourth-order valence-electron chi connectivity index (χ4n) is 0.341. The first-order valence-corrected chi connectivity index (χ1v) is 2.17. The van der Waals surface area contributed by atoms with Gasteiger partial charge in [0.2, 0.25) is 0 Å². The summed E-state index contributed by atoms with van der Waals surface area (Å²) in [4.78, 5) is 0. The molecule has 0 fully saturated rings. The first-order chi connectivity index (χ1) is 3.13. The molecule has 42 valence electrons. The first kappa shape index (κ1) is 6.50. The second-order valence-electron chi connectivity index (χ2n) is 1.68. The molecule has 0 aromatic rings. The monoisotopic (exact) mass is 99.1 g/mol. The van der Waals surface area contributed by atoms with Crippen LogP contribution in [0.25, 0.3) is 5.43 Å². The van der Waals surface area contributed by atoms with Gasteiger partial charge in [0.15, 0.2) is 0 Å². The number of nitrogens with zero attached hydrogens (tertiary/aromatic N) is 2. The minimum atomic E-state index is 0.838. The zero-order valence-electron chi connectivity index (χ0n) is 5.10. The molecule has 7 heavy (non-hydrogen) atoms. The summed E-state index contributed by atoms with van der Waals surface area (Å²) < 4.78 is 0. The van der Waals surface area contributed by atoms with Crippen LogP contribution in [0.15, 0.2) is 12.3 Å². The Hall–Kier alpha value is -0.500. The van der Waals surface area contributed by atoms with E-state index in [2.05, 4.69) is 12.0 Å². The quantitative estimate of drug-likeness (QED) is 0.478. The van der Waals surface area contributed by atoms with Crippen LogP contribution in [0.5, 0.6) is 0 Å². The molecule has 2 nitrogen and oxygen atoms in total. The molecular weight excluding hydrogens is 88.1 g/mol. The van der Waals surface area contributed by atoms with Crippen LogP contribution in [0.2, 0.25) is 0 Å². The molecule has 0 saturated carbocycles. The van der Waals surface area contributed by atoms with E-state index < -0.39 is 0 Å². The molecule has 0 radical (unpaired) electrons. The van der Waals surface area contributed by atoms with Gasteiger partial charge >= 0.3 is 0 Å². The van der Waals surface area contributed by atoms with Crippen LogP contribution in [0, 0.1) is 0 Å². The molecule has 0 amide bonds. The summed E-state index contributed by atoms with van der Waals surface area (Å²) in [5.74, 6) is 0. The standard InChI is InChI=1S/C5H11N2/c1-5(2)6-7(3)4/h1H2,2-4H3/q-1. The number of hydrogen-bond acceptors (Lipinski definition) is 1. The van der Waals surface area contributed by atoms with Crippen LogP contribution >= 0.6 is 0 Å². The van der Waals surface area contributed by atoms with E-state index in [0.717, 1.165) is 5.70 Å². The van der Waals surface area contributed by atoms with Crippen molar-refractivity contribution in [1.29, 1.82) is 0 Å². The average molecular weight is 99.2 g/mol. The van der Waals surface area contributed by atoms with Crippen LogP contribution in [-0.4, -0.2) is 19.1 Å². The maximum absolute atomic E-state index is 3.92. The van der Waals surface area contributed by atoms with Gasteiger partial charge in [0.25, 0.3) is 0 Å². The molecule has 0 unspecified atom stereocenters. The van der Waals surface area contributed by atoms with E-state index in [4.69, 9.17) is 0 Å². The van der Waals surface area contributed by atoms with Gasteiger partial charge in [-0.3, -0.25) is 0 Å². The summed E-state index contributed by atoms with van der Waals surface area (Å²) >= 11 is 0. The van der Waals surface area contributed by atoms with Crippen molar-refractivity contribution < 1.29 is 0 Å². The minimum absolute atomic E-state index is 0.838. The second-order valence-corrected chi connectivity index (χ2v) is 1.68. The Labute approximate surface area is 44.8 Å². The zero-order chi connectivity index (χ0) is 5.86. The van der Waals surface area contributed by atoms with E-state index >= 15 is 0 Å². The number of hydrogen-bond donors (Lipinski definition) is 0. The van der Waals surface area contributed by atoms with Gasteiger partial charge in [-0.15, -0.1) is 6.58 Å². The van der Waals surface area contributed by atoms with Crippen molar-refractivity contribution in [2.24, 2.45) is 0 Å². The molecule has 0 atom stereocenters. The van der Waals surface area contributed by atoms with Gasteiger partial charge in [0, 0.05) is 0 Å². The van der Waals surface area contributed by atoms with Crippen molar-refractivity contribution in [2.75, 3.05) is 14.1 Å². The van der Waals surface area contributed by atoms with Crippen LogP contribution in [0.3, 0.4) is 0 Å². The van der Waals surface area contributed by atoms with Crippen LogP contribution < -0.4 is 0 Å². The van der Waals surface area contributed by atoms with E-state index in [9.17, 15) is 0 Å². The maximum atomic E-state index is 3.92. The minimum Gasteiger partial charge on any atom is -0.624 e. The van der Waals surface area contributed by atoms with Gasteiger partial charge in [-0.05, 0) is 14.1 Å². The van der Waals surface area contributed by atoms with Crippen LogP contribution in [0.4, 0.5) is 0 Å². The Morgan fingerprint density at radius 1 is 1.57 bits per heavy atom. The predicted octanol–water partition coefficient (Wildman–Crippen LogP) is 1.37. The fourth-order valence-corrected chi connectivity index (χ4v) is 0.341. The lowest BCUT2D eigenvalue weighted by atomic mass is 10.6. The van der Waals surface area contributed by atoms with Crippen molar-refractivity contribution in [3.8, 4) is 0 Å². The molecule has 0 heterocycles. The predicted molar refractivity (Wildman–Crippen MR) is 31.9 cm³/mol. The molecule has 0 aliphatic rings. The van der Waals surface area contributed by atoms with E-state index in [1.54, 1.807) is 5.01 Å². The second kappa shape index (κ2) is 2.64. The van der Waals surface area contributed by atoms with E-state index in [1.807, 2.05) is 21.0 Å². The molecule has 0 N–H and O–H groups in total. The Morgan fingerprint density at radius 3 is 2.00 bits per heavy atom. The van der Waals surface area contributed by atoms with Crippen molar-refractivity contribution in [2.45, 2.75) is 6.92 Å². The lowest BCUT2D eigenvalue weighted by Crippen LogP contribution is -2.02. The van der Waals surface area contributed by atoms with E-state index in [-0.39, 0.29) is 0 Å². The molecule has 0 aromatic heterocycles. The van der Waals surface area contributed by atoms with Crippen LogP contribution in [0.1, 0.15) is 6.92 Å². The summed E-state index contributed by atoms with van der Waals surface area (Å²) in [6, 6.07) is 0. The Bertz CT molecular complexity index is 66.5. The summed E-state index contributed by atoms with van der Waals surface area (Å²) in [5, 5.41) is 1.72. The van der Waals surface area contributed by atoms with Crippen molar-refractivity contribution in [1.82, 2.24) is 5.01 Å². The van der Waals surface area contributed by atoms with Crippen molar-refractivity contribution >= 4 is 0 Å². The third-order valence-corrected chi connectivity index (χ3v) is 0.371. The van der Waals surface area contributed by atoms with E-state index in [1.165, 1.54) is 0 Å². The van der Waals surface area contributed by atoms with Crippen molar-refractivity contribution in [3.63, 3.8) is 0 Å². The Kier molecular flexibility index (Phi) is 2.45. The third kappa shape index (κ3) is 5.50. The summed E-state index contributed by atoms with van der Waals surface area (Å²) in [6.45, 7) is 5.45. The number of allylic oxidation sites excluding steroid dienone is 1.